The van der Waals surface area contributed by atoms with Crippen LogP contribution >= 0.6 is 11.6 Å². The summed E-state index contributed by atoms with van der Waals surface area (Å²) in [6, 6.07) is 23.7. The number of aromatic nitrogens is 2. The van der Waals surface area contributed by atoms with E-state index < -0.39 is 19.9 Å². The topological polar surface area (TPSA) is 64.5 Å². The predicted octanol–water partition coefficient (Wildman–Crippen LogP) is 6.19. The maximum absolute atomic E-state index is 16.0. The van der Waals surface area contributed by atoms with Crippen molar-refractivity contribution in [2.24, 2.45) is 0 Å². The van der Waals surface area contributed by atoms with Gasteiger partial charge in [0.2, 0.25) is 5.78 Å². The second-order valence-corrected chi connectivity index (χ2v) is 16.8. The Hall–Kier alpha value is -3.43. The molecule has 224 valence electrons. The number of nitrogens with zero attached hydrogens (tertiary/aromatic N) is 3. The molecule has 1 aliphatic rings. The minimum Gasteiger partial charge on any atom is -0.403 e. The smallest absolute Gasteiger partial charge is 0.261 e. The molecular formula is C34H37ClFN3O3Si. The summed E-state index contributed by atoms with van der Waals surface area (Å²) in [5.41, 5.74) is 1.10. The number of hydrogen-bond acceptors (Lipinski definition) is 6. The van der Waals surface area contributed by atoms with Gasteiger partial charge in [0.1, 0.15) is 17.0 Å². The number of morpholine rings is 1. The van der Waals surface area contributed by atoms with Gasteiger partial charge in [-0.3, -0.25) is 4.79 Å². The van der Waals surface area contributed by atoms with Gasteiger partial charge in [0.25, 0.3) is 8.32 Å². The van der Waals surface area contributed by atoms with Crippen molar-refractivity contribution in [1.82, 2.24) is 9.97 Å². The van der Waals surface area contributed by atoms with Gasteiger partial charge >= 0.3 is 0 Å². The van der Waals surface area contributed by atoms with Gasteiger partial charge in [0, 0.05) is 24.8 Å². The van der Waals surface area contributed by atoms with E-state index in [-0.39, 0.29) is 40.1 Å². The lowest BCUT2D eigenvalue weighted by Crippen LogP contribution is -2.66. The van der Waals surface area contributed by atoms with E-state index in [0.29, 0.717) is 24.3 Å². The summed E-state index contributed by atoms with van der Waals surface area (Å²) in [5, 5.41) is 1.85. The van der Waals surface area contributed by atoms with Crippen LogP contribution in [0, 0.1) is 5.82 Å². The molecule has 0 bridgehead atoms. The lowest BCUT2D eigenvalue weighted by Gasteiger charge is -2.43. The van der Waals surface area contributed by atoms with Gasteiger partial charge in [-0.25, -0.2) is 14.4 Å². The normalized spacial score (nSPS) is 17.6. The average molecular weight is 618 g/mol. The van der Waals surface area contributed by atoms with Crippen molar-refractivity contribution in [2.75, 3.05) is 18.0 Å². The van der Waals surface area contributed by atoms with Crippen LogP contribution in [0.15, 0.2) is 85.3 Å². The predicted molar refractivity (Wildman–Crippen MR) is 172 cm³/mol. The Morgan fingerprint density at radius 2 is 1.60 bits per heavy atom. The Bertz CT molecular complexity index is 1520. The Kier molecular flexibility index (Phi) is 9.13. The van der Waals surface area contributed by atoms with Crippen molar-refractivity contribution < 1.29 is 18.3 Å². The zero-order chi connectivity index (χ0) is 30.8. The van der Waals surface area contributed by atoms with Gasteiger partial charge in [-0.1, -0.05) is 93.0 Å². The molecular weight excluding hydrogens is 581 g/mol. The Morgan fingerprint density at radius 3 is 2.12 bits per heavy atom. The van der Waals surface area contributed by atoms with Crippen molar-refractivity contribution in [2.45, 2.75) is 58.5 Å². The lowest BCUT2D eigenvalue weighted by molar-refractivity contribution is -0.00532. The van der Waals surface area contributed by atoms with E-state index in [9.17, 15) is 4.79 Å². The first-order chi connectivity index (χ1) is 20.5. The molecule has 1 fully saturated rings. The highest BCUT2D eigenvalue weighted by atomic mass is 35.5. The van der Waals surface area contributed by atoms with Crippen LogP contribution in [0.3, 0.4) is 0 Å². The molecule has 1 saturated heterocycles. The molecule has 0 spiro atoms. The molecule has 4 aromatic rings. The van der Waals surface area contributed by atoms with Gasteiger partial charge in [0.15, 0.2) is 5.82 Å². The summed E-state index contributed by atoms with van der Waals surface area (Å²) in [5.74, 6) is -1.34. The highest BCUT2D eigenvalue weighted by molar-refractivity contribution is 6.99. The maximum atomic E-state index is 16.0. The number of rotatable bonds is 8. The molecule has 5 rings (SSSR count). The van der Waals surface area contributed by atoms with E-state index in [2.05, 4.69) is 55.0 Å². The number of halogens is 2. The molecule has 2 heterocycles. The van der Waals surface area contributed by atoms with Crippen LogP contribution in [-0.2, 0) is 15.8 Å². The van der Waals surface area contributed by atoms with Gasteiger partial charge < -0.3 is 14.1 Å². The van der Waals surface area contributed by atoms with Crippen LogP contribution in [0.1, 0.15) is 56.2 Å². The molecule has 3 aromatic carbocycles. The number of ether oxygens (including phenoxy) is 1. The SMILES string of the molecule is CC1CN(c2c(CO[Si](c3ccccc3)(c3ccccc3)C(C)(C)C)cc(C(=O)c3ccncn3)c(F)c2Cl)CC(C)O1. The fraction of sp³-hybridized carbons (Fsp3) is 0.324. The largest absolute Gasteiger partial charge is 0.403 e. The molecule has 1 aromatic heterocycles. The third-order valence-corrected chi connectivity index (χ3v) is 13.2. The number of benzene rings is 3. The van der Waals surface area contributed by atoms with Crippen LogP contribution in [0.2, 0.25) is 10.1 Å². The first-order valence-electron chi connectivity index (χ1n) is 14.5. The molecule has 1 aliphatic heterocycles. The standard InChI is InChI=1S/C34H37ClFN3O3Si/c1-23-19-39(20-24(2)42-23)32-25(18-28(31(36)30(32)35)33(40)29-16-17-37-22-38-29)21-41-43(34(3,4)5,26-12-8-6-9-13-26)27-14-10-7-11-15-27/h6-18,22-24H,19-21H2,1-5H3. The van der Waals surface area contributed by atoms with E-state index >= 15 is 4.39 Å². The second kappa shape index (κ2) is 12.7. The van der Waals surface area contributed by atoms with Crippen molar-refractivity contribution >= 4 is 41.8 Å². The summed E-state index contributed by atoms with van der Waals surface area (Å²) in [7, 11) is -2.96. The Labute approximate surface area is 259 Å². The minimum atomic E-state index is -2.96. The number of ketones is 1. The molecule has 2 unspecified atom stereocenters. The zero-order valence-electron chi connectivity index (χ0n) is 25.2. The van der Waals surface area contributed by atoms with Crippen LogP contribution in [-0.4, -0.2) is 49.4 Å². The van der Waals surface area contributed by atoms with E-state index in [1.54, 1.807) is 6.07 Å². The van der Waals surface area contributed by atoms with Crippen LogP contribution in [0.4, 0.5) is 10.1 Å². The summed E-state index contributed by atoms with van der Waals surface area (Å²) in [4.78, 5) is 23.5. The van der Waals surface area contributed by atoms with Crippen molar-refractivity contribution in [3.63, 3.8) is 0 Å². The van der Waals surface area contributed by atoms with Crippen molar-refractivity contribution in [3.8, 4) is 0 Å². The highest BCUT2D eigenvalue weighted by Crippen LogP contribution is 2.41. The van der Waals surface area contributed by atoms with Gasteiger partial charge in [-0.2, -0.15) is 0 Å². The second-order valence-electron chi connectivity index (χ2n) is 12.1. The Morgan fingerprint density at radius 1 is 1.02 bits per heavy atom. The third-order valence-electron chi connectivity index (χ3n) is 7.92. The lowest BCUT2D eigenvalue weighted by atomic mass is 10.0. The highest BCUT2D eigenvalue weighted by Gasteiger charge is 2.50. The maximum Gasteiger partial charge on any atom is 0.261 e. The fourth-order valence-electron chi connectivity index (χ4n) is 6.16. The van der Waals surface area contributed by atoms with Crippen molar-refractivity contribution in [3.05, 3.63) is 113 Å². The summed E-state index contributed by atoms with van der Waals surface area (Å²) < 4.78 is 29.2. The quantitative estimate of drug-likeness (QED) is 0.174. The molecule has 0 aliphatic carbocycles. The van der Waals surface area contributed by atoms with Crippen LogP contribution in [0.25, 0.3) is 0 Å². The van der Waals surface area contributed by atoms with Gasteiger partial charge in [0.05, 0.1) is 30.1 Å². The molecule has 0 saturated carbocycles. The van der Waals surface area contributed by atoms with Crippen molar-refractivity contribution in [1.29, 1.82) is 0 Å². The molecule has 6 nitrogen and oxygen atoms in total. The molecule has 43 heavy (non-hydrogen) atoms. The van der Waals surface area contributed by atoms with Gasteiger partial charge in [-0.05, 0) is 41.4 Å². The zero-order valence-corrected chi connectivity index (χ0v) is 26.9. The van der Waals surface area contributed by atoms with Crippen LogP contribution < -0.4 is 15.3 Å². The number of hydrogen-bond donors (Lipinski definition) is 0. The first kappa shape index (κ1) is 31.0. The average Bonchev–Trinajstić information content (AvgIpc) is 2.99. The van der Waals surface area contributed by atoms with E-state index in [4.69, 9.17) is 20.8 Å². The minimum absolute atomic E-state index is 0.0874. The summed E-state index contributed by atoms with van der Waals surface area (Å²) in [6.45, 7) is 11.7. The molecule has 0 N–H and O–H groups in total. The molecule has 2 atom stereocenters. The fourth-order valence-corrected chi connectivity index (χ4v) is 11.0. The molecule has 0 radical (unpaired) electrons. The van der Waals surface area contributed by atoms with E-state index in [1.807, 2.05) is 55.1 Å². The molecule has 0 amide bonds. The number of carbonyl (C=O) groups is 1. The Balaban J connectivity index is 1.68. The summed E-state index contributed by atoms with van der Waals surface area (Å²) in [6.07, 6.45) is 2.55. The first-order valence-corrected chi connectivity index (χ1v) is 16.8. The third kappa shape index (κ3) is 6.15. The molecule has 9 heteroatoms. The van der Waals surface area contributed by atoms with E-state index in [1.165, 1.54) is 18.6 Å². The van der Waals surface area contributed by atoms with E-state index in [0.717, 1.165) is 10.4 Å². The summed E-state index contributed by atoms with van der Waals surface area (Å²) >= 11 is 6.85. The van der Waals surface area contributed by atoms with Gasteiger partial charge in [-0.15, -0.1) is 0 Å². The number of anilines is 1. The monoisotopic (exact) mass is 617 g/mol. The van der Waals surface area contributed by atoms with Crippen LogP contribution in [0.5, 0.6) is 0 Å². The number of carbonyl (C=O) groups excluding carboxylic acids is 1.